The zero-order valence-electron chi connectivity index (χ0n) is 37.3. The molecule has 0 atom stereocenters. The van der Waals surface area contributed by atoms with Crippen LogP contribution in [0.15, 0.2) is 267 Å². The SMILES string of the molecule is c1ccc(-c2ccc(-n3c4ccc(-c5ccc(-c6ccc7c(c6)c6ccccc6n7-c6ccc(-c7ccccc7)cc6-c6ccccc6)cc5)cc4c4c(-c5ccccc5)cccc43)cc2)cc1. The fourth-order valence-corrected chi connectivity index (χ4v) is 10.5. The molecule has 68 heavy (non-hydrogen) atoms. The number of aromatic nitrogens is 2. The Morgan fingerprint density at radius 1 is 0.206 bits per heavy atom. The second-order valence-corrected chi connectivity index (χ2v) is 17.7. The van der Waals surface area contributed by atoms with Gasteiger partial charge in [-0.25, -0.2) is 0 Å². The molecule has 0 unspecified atom stereocenters. The van der Waals surface area contributed by atoms with E-state index in [1.54, 1.807) is 0 Å². The van der Waals surface area contributed by atoms with Crippen LogP contribution in [-0.4, -0.2) is 9.13 Å². The molecule has 0 radical (unpaired) electrons. The molecule has 0 amide bonds. The van der Waals surface area contributed by atoms with E-state index in [1.807, 2.05) is 0 Å². The molecule has 0 saturated heterocycles. The lowest BCUT2D eigenvalue weighted by Crippen LogP contribution is -1.98. The van der Waals surface area contributed by atoms with Gasteiger partial charge < -0.3 is 9.13 Å². The predicted octanol–water partition coefficient (Wildman–Crippen LogP) is 17.9. The number of hydrogen-bond donors (Lipinski definition) is 0. The van der Waals surface area contributed by atoms with Crippen LogP contribution in [0.5, 0.6) is 0 Å². The van der Waals surface area contributed by atoms with E-state index in [0.717, 1.165) is 11.4 Å². The summed E-state index contributed by atoms with van der Waals surface area (Å²) in [4.78, 5) is 0. The number of hydrogen-bond acceptors (Lipinski definition) is 0. The summed E-state index contributed by atoms with van der Waals surface area (Å²) in [7, 11) is 0. The van der Waals surface area contributed by atoms with Crippen molar-refractivity contribution in [2.45, 2.75) is 0 Å². The summed E-state index contributed by atoms with van der Waals surface area (Å²) in [5.74, 6) is 0. The Morgan fingerprint density at radius 3 is 1.25 bits per heavy atom. The van der Waals surface area contributed by atoms with Gasteiger partial charge in [0, 0.05) is 32.8 Å². The lowest BCUT2D eigenvalue weighted by molar-refractivity contribution is 1.18. The van der Waals surface area contributed by atoms with Crippen molar-refractivity contribution in [2.24, 2.45) is 0 Å². The van der Waals surface area contributed by atoms with Crippen LogP contribution >= 0.6 is 0 Å². The third kappa shape index (κ3) is 6.73. The van der Waals surface area contributed by atoms with Gasteiger partial charge in [-0.05, 0) is 122 Å². The van der Waals surface area contributed by atoms with Crippen molar-refractivity contribution in [3.8, 4) is 78.1 Å². The van der Waals surface area contributed by atoms with Gasteiger partial charge in [0.1, 0.15) is 0 Å². The van der Waals surface area contributed by atoms with Crippen molar-refractivity contribution in [1.82, 2.24) is 9.13 Å². The molecule has 2 heterocycles. The largest absolute Gasteiger partial charge is 0.309 e. The van der Waals surface area contributed by atoms with Crippen LogP contribution in [0.25, 0.3) is 122 Å². The van der Waals surface area contributed by atoms with Gasteiger partial charge in [-0.3, -0.25) is 0 Å². The molecular formula is C66H44N2. The lowest BCUT2D eigenvalue weighted by atomic mass is 9.96. The second-order valence-electron chi connectivity index (χ2n) is 17.7. The Bertz CT molecular complexity index is 3960. The number of benzene rings is 11. The number of fused-ring (bicyclic) bond motifs is 6. The molecule has 2 nitrogen and oxygen atoms in total. The number of para-hydroxylation sites is 1. The Labute approximate surface area is 395 Å². The van der Waals surface area contributed by atoms with E-state index in [9.17, 15) is 0 Å². The number of rotatable bonds is 8. The zero-order chi connectivity index (χ0) is 45.0. The van der Waals surface area contributed by atoms with Gasteiger partial charge in [-0.1, -0.05) is 206 Å². The normalized spacial score (nSPS) is 11.5. The molecular weight excluding hydrogens is 821 g/mol. The van der Waals surface area contributed by atoms with E-state index in [2.05, 4.69) is 276 Å². The lowest BCUT2D eigenvalue weighted by Gasteiger charge is -2.16. The van der Waals surface area contributed by atoms with Gasteiger partial charge in [0.15, 0.2) is 0 Å². The van der Waals surface area contributed by atoms with Crippen molar-refractivity contribution in [3.63, 3.8) is 0 Å². The minimum atomic E-state index is 1.14. The van der Waals surface area contributed by atoms with Crippen molar-refractivity contribution in [3.05, 3.63) is 267 Å². The monoisotopic (exact) mass is 864 g/mol. The highest BCUT2D eigenvalue weighted by atomic mass is 15.0. The topological polar surface area (TPSA) is 9.86 Å². The van der Waals surface area contributed by atoms with Crippen LogP contribution in [0.4, 0.5) is 0 Å². The second kappa shape index (κ2) is 16.5. The molecule has 0 fully saturated rings. The first-order valence-electron chi connectivity index (χ1n) is 23.4. The van der Waals surface area contributed by atoms with Crippen LogP contribution in [0, 0.1) is 0 Å². The van der Waals surface area contributed by atoms with Crippen molar-refractivity contribution >= 4 is 43.6 Å². The van der Waals surface area contributed by atoms with Crippen molar-refractivity contribution in [1.29, 1.82) is 0 Å². The van der Waals surface area contributed by atoms with Gasteiger partial charge in [0.05, 0.1) is 27.8 Å². The molecule has 0 spiro atoms. The van der Waals surface area contributed by atoms with E-state index < -0.39 is 0 Å². The highest BCUT2D eigenvalue weighted by Crippen LogP contribution is 2.42. The predicted molar refractivity (Wildman–Crippen MR) is 288 cm³/mol. The molecule has 13 aromatic rings. The maximum absolute atomic E-state index is 2.45. The zero-order valence-corrected chi connectivity index (χ0v) is 37.3. The maximum Gasteiger partial charge on any atom is 0.0547 e. The van der Waals surface area contributed by atoms with Gasteiger partial charge in [0.2, 0.25) is 0 Å². The van der Waals surface area contributed by atoms with Gasteiger partial charge in [0.25, 0.3) is 0 Å². The minimum absolute atomic E-state index is 1.14. The van der Waals surface area contributed by atoms with Gasteiger partial charge in [-0.15, -0.1) is 0 Å². The van der Waals surface area contributed by atoms with Gasteiger partial charge in [-0.2, -0.15) is 0 Å². The molecule has 0 aliphatic carbocycles. The summed E-state index contributed by atoms with van der Waals surface area (Å²) in [6.45, 7) is 0. The highest BCUT2D eigenvalue weighted by Gasteiger charge is 2.20. The fourth-order valence-electron chi connectivity index (χ4n) is 10.5. The van der Waals surface area contributed by atoms with Crippen LogP contribution < -0.4 is 0 Å². The summed E-state index contributed by atoms with van der Waals surface area (Å²) in [6, 6.07) is 97.3. The smallest absolute Gasteiger partial charge is 0.0547 e. The molecule has 318 valence electrons. The first-order valence-corrected chi connectivity index (χ1v) is 23.4. The summed E-state index contributed by atoms with van der Waals surface area (Å²) in [5, 5.41) is 4.97. The summed E-state index contributed by atoms with van der Waals surface area (Å²) >= 11 is 0. The van der Waals surface area contributed by atoms with Crippen LogP contribution in [0.2, 0.25) is 0 Å². The third-order valence-corrected chi connectivity index (χ3v) is 13.8. The first-order chi connectivity index (χ1) is 33.7. The molecule has 0 aliphatic rings. The van der Waals surface area contributed by atoms with Crippen LogP contribution in [0.3, 0.4) is 0 Å². The van der Waals surface area contributed by atoms with E-state index in [0.29, 0.717) is 0 Å². The minimum Gasteiger partial charge on any atom is -0.309 e. The quantitative estimate of drug-likeness (QED) is 0.144. The molecule has 0 N–H and O–H groups in total. The Kier molecular flexibility index (Phi) is 9.54. The van der Waals surface area contributed by atoms with E-state index in [1.165, 1.54) is 110 Å². The van der Waals surface area contributed by atoms with Gasteiger partial charge >= 0.3 is 0 Å². The Hall–Kier alpha value is -8.98. The molecule has 13 rings (SSSR count). The average Bonchev–Trinajstić information content (AvgIpc) is 3.94. The number of nitrogens with zero attached hydrogens (tertiary/aromatic N) is 2. The highest BCUT2D eigenvalue weighted by molar-refractivity contribution is 6.17. The molecule has 2 heteroatoms. The van der Waals surface area contributed by atoms with Crippen LogP contribution in [-0.2, 0) is 0 Å². The summed E-state index contributed by atoms with van der Waals surface area (Å²) in [6.07, 6.45) is 0. The van der Waals surface area contributed by atoms with Crippen molar-refractivity contribution in [2.75, 3.05) is 0 Å². The van der Waals surface area contributed by atoms with Crippen molar-refractivity contribution < 1.29 is 0 Å². The molecule has 0 saturated carbocycles. The molecule has 2 aromatic heterocycles. The Morgan fingerprint density at radius 2 is 0.618 bits per heavy atom. The maximum atomic E-state index is 2.45. The summed E-state index contributed by atoms with van der Waals surface area (Å²) < 4.78 is 4.87. The Balaban J connectivity index is 0.899. The summed E-state index contributed by atoms with van der Waals surface area (Å²) in [5.41, 5.74) is 21.5. The molecule has 11 aromatic carbocycles. The molecule has 0 bridgehead atoms. The van der Waals surface area contributed by atoms with E-state index >= 15 is 0 Å². The molecule has 0 aliphatic heterocycles. The standard InChI is InChI=1S/C66H44N2/c1-5-16-45(17-6-1)47-32-37-55(38-33-47)67-64-41-36-54(44-60(64)66-56(25-15-27-65(66)67)50-20-9-3-10-21-50)49-30-28-48(29-31-49)53-35-40-63-59(43-53)57-24-13-14-26-61(57)68(63)62-39-34-52(46-18-7-2-8-19-46)42-58(62)51-22-11-4-12-23-51/h1-44H. The third-order valence-electron chi connectivity index (χ3n) is 13.8. The fraction of sp³-hybridized carbons (Fsp3) is 0. The van der Waals surface area contributed by atoms with E-state index in [-0.39, 0.29) is 0 Å². The van der Waals surface area contributed by atoms with Crippen LogP contribution in [0.1, 0.15) is 0 Å². The first kappa shape index (κ1) is 39.4. The van der Waals surface area contributed by atoms with E-state index in [4.69, 9.17) is 0 Å². The average molecular weight is 865 g/mol.